The van der Waals surface area contributed by atoms with E-state index in [-0.39, 0.29) is 17.9 Å². The normalized spacial score (nSPS) is 28.5. The Hall–Kier alpha value is -1.92. The molecule has 2 saturated heterocycles. The molecule has 6 heteroatoms. The van der Waals surface area contributed by atoms with Gasteiger partial charge in [0.25, 0.3) is 0 Å². The van der Waals surface area contributed by atoms with Crippen LogP contribution < -0.4 is 15.5 Å². The molecule has 3 atom stereocenters. The van der Waals surface area contributed by atoms with Gasteiger partial charge in [0.15, 0.2) is 0 Å². The summed E-state index contributed by atoms with van der Waals surface area (Å²) in [5.41, 5.74) is 0.879. The smallest absolute Gasteiger partial charge is 0.249 e. The molecule has 0 aromatic heterocycles. The van der Waals surface area contributed by atoms with Crippen molar-refractivity contribution in [3.8, 4) is 0 Å². The third kappa shape index (κ3) is 3.54. The summed E-state index contributed by atoms with van der Waals surface area (Å²) in [6.07, 6.45) is 1.36. The van der Waals surface area contributed by atoms with Crippen LogP contribution in [0.25, 0.3) is 0 Å². The van der Waals surface area contributed by atoms with E-state index in [9.17, 15) is 9.59 Å². The van der Waals surface area contributed by atoms with E-state index in [2.05, 4.69) is 10.6 Å². The molecule has 2 N–H and O–H groups in total. The highest BCUT2D eigenvalue weighted by molar-refractivity contribution is 6.00. The number of benzene rings is 1. The Morgan fingerprint density at radius 2 is 2.13 bits per heavy atom. The molecule has 124 valence electrons. The lowest BCUT2D eigenvalue weighted by atomic mass is 10.0. The van der Waals surface area contributed by atoms with Crippen molar-refractivity contribution in [3.05, 3.63) is 30.3 Å². The Kier molecular flexibility index (Phi) is 4.93. The first kappa shape index (κ1) is 16.0. The molecule has 2 aliphatic heterocycles. The van der Waals surface area contributed by atoms with Crippen molar-refractivity contribution in [1.82, 2.24) is 10.6 Å². The van der Waals surface area contributed by atoms with Gasteiger partial charge in [0, 0.05) is 18.8 Å². The predicted octanol–water partition coefficient (Wildman–Crippen LogP) is 0.675. The van der Waals surface area contributed by atoms with E-state index in [0.29, 0.717) is 26.1 Å². The molecular formula is C17H23N3O3. The summed E-state index contributed by atoms with van der Waals surface area (Å²) in [7, 11) is 0. The number of piperidine rings is 1. The largest absolute Gasteiger partial charge is 0.375 e. The highest BCUT2D eigenvalue weighted by Gasteiger charge is 2.34. The number of ether oxygens (including phenoxy) is 1. The molecule has 0 spiro atoms. The Morgan fingerprint density at radius 3 is 2.87 bits per heavy atom. The Morgan fingerprint density at radius 1 is 1.35 bits per heavy atom. The molecular weight excluding hydrogens is 294 g/mol. The number of nitrogens with one attached hydrogen (secondary N) is 2. The average molecular weight is 317 g/mol. The van der Waals surface area contributed by atoms with E-state index in [0.717, 1.165) is 12.1 Å². The van der Waals surface area contributed by atoms with Crippen molar-refractivity contribution >= 4 is 17.5 Å². The number of hydrogen-bond donors (Lipinski definition) is 2. The minimum absolute atomic E-state index is 0.0415. The number of anilines is 1. The van der Waals surface area contributed by atoms with Crippen LogP contribution in [0.5, 0.6) is 0 Å². The van der Waals surface area contributed by atoms with Gasteiger partial charge in [-0.15, -0.1) is 0 Å². The quantitative estimate of drug-likeness (QED) is 0.860. The predicted molar refractivity (Wildman–Crippen MR) is 87.2 cm³/mol. The van der Waals surface area contributed by atoms with Gasteiger partial charge in [0.2, 0.25) is 11.8 Å². The molecule has 6 nitrogen and oxygen atoms in total. The lowest BCUT2D eigenvalue weighted by Crippen LogP contribution is -2.60. The highest BCUT2D eigenvalue weighted by atomic mass is 16.5. The van der Waals surface area contributed by atoms with E-state index in [1.165, 1.54) is 0 Å². The van der Waals surface area contributed by atoms with Crippen molar-refractivity contribution in [2.24, 2.45) is 0 Å². The molecule has 0 aliphatic carbocycles. The van der Waals surface area contributed by atoms with Gasteiger partial charge in [-0.2, -0.15) is 0 Å². The maximum Gasteiger partial charge on any atom is 0.249 e. The van der Waals surface area contributed by atoms with Crippen LogP contribution in [-0.2, 0) is 14.3 Å². The van der Waals surface area contributed by atoms with E-state index in [1.54, 1.807) is 4.90 Å². The number of rotatable bonds is 3. The monoisotopic (exact) mass is 317 g/mol. The zero-order valence-electron chi connectivity index (χ0n) is 13.3. The van der Waals surface area contributed by atoms with E-state index in [1.807, 2.05) is 37.3 Å². The average Bonchev–Trinajstić information content (AvgIpc) is 2.58. The van der Waals surface area contributed by atoms with Crippen LogP contribution >= 0.6 is 0 Å². The van der Waals surface area contributed by atoms with E-state index >= 15 is 0 Å². The molecule has 0 radical (unpaired) electrons. The Balaban J connectivity index is 1.65. The van der Waals surface area contributed by atoms with Crippen molar-refractivity contribution in [1.29, 1.82) is 0 Å². The van der Waals surface area contributed by atoms with Crippen molar-refractivity contribution in [3.63, 3.8) is 0 Å². The van der Waals surface area contributed by atoms with Gasteiger partial charge in [0.05, 0.1) is 12.7 Å². The molecule has 2 fully saturated rings. The Bertz CT molecular complexity index is 563. The molecule has 2 amide bonds. The van der Waals surface area contributed by atoms with Crippen molar-refractivity contribution in [2.45, 2.75) is 38.0 Å². The summed E-state index contributed by atoms with van der Waals surface area (Å²) in [5.74, 6) is -0.203. The van der Waals surface area contributed by atoms with Crippen LogP contribution in [0.2, 0.25) is 0 Å². The first-order valence-electron chi connectivity index (χ1n) is 8.18. The summed E-state index contributed by atoms with van der Waals surface area (Å²) in [6.45, 7) is 3.82. The van der Waals surface area contributed by atoms with Crippen LogP contribution in [0, 0.1) is 0 Å². The molecule has 1 unspecified atom stereocenters. The van der Waals surface area contributed by atoms with Gasteiger partial charge in [-0.05, 0) is 31.9 Å². The third-order valence-corrected chi connectivity index (χ3v) is 4.42. The van der Waals surface area contributed by atoms with Gasteiger partial charge in [-0.25, -0.2) is 0 Å². The number of morpholine rings is 1. The van der Waals surface area contributed by atoms with Gasteiger partial charge in [-0.3, -0.25) is 9.59 Å². The zero-order valence-corrected chi connectivity index (χ0v) is 13.3. The highest BCUT2D eigenvalue weighted by Crippen LogP contribution is 2.21. The van der Waals surface area contributed by atoms with E-state index in [4.69, 9.17) is 4.74 Å². The number of para-hydroxylation sites is 1. The van der Waals surface area contributed by atoms with Crippen LogP contribution in [0.4, 0.5) is 5.69 Å². The first-order chi connectivity index (χ1) is 11.2. The van der Waals surface area contributed by atoms with E-state index < -0.39 is 12.1 Å². The third-order valence-electron chi connectivity index (χ3n) is 4.42. The number of nitrogens with zero attached hydrogens (tertiary/aromatic N) is 1. The maximum atomic E-state index is 12.7. The first-order valence-corrected chi connectivity index (χ1v) is 8.18. The maximum absolute atomic E-state index is 12.7. The number of carbonyl (C=O) groups excluding carboxylic acids is 2. The molecule has 1 aromatic carbocycles. The number of amides is 2. The SMILES string of the molecule is C[C@H]1OCCN[C@@H]1C(=O)NC1CCCN(c2ccccc2)C1=O. The second kappa shape index (κ2) is 7.10. The van der Waals surface area contributed by atoms with Crippen molar-refractivity contribution < 1.29 is 14.3 Å². The molecule has 0 bridgehead atoms. The summed E-state index contributed by atoms with van der Waals surface area (Å²) in [5, 5.41) is 6.05. The van der Waals surface area contributed by atoms with Gasteiger partial charge < -0.3 is 20.3 Å². The zero-order chi connectivity index (χ0) is 16.2. The van der Waals surface area contributed by atoms with Gasteiger partial charge in [0.1, 0.15) is 12.1 Å². The van der Waals surface area contributed by atoms with Crippen molar-refractivity contribution in [2.75, 3.05) is 24.6 Å². The minimum atomic E-state index is -0.465. The molecule has 2 aliphatic rings. The Labute approximate surface area is 136 Å². The van der Waals surface area contributed by atoms with Crippen LogP contribution in [0.15, 0.2) is 30.3 Å². The fourth-order valence-electron chi connectivity index (χ4n) is 3.16. The lowest BCUT2D eigenvalue weighted by molar-refractivity contribution is -0.133. The van der Waals surface area contributed by atoms with Gasteiger partial charge >= 0.3 is 0 Å². The molecule has 1 aromatic rings. The summed E-state index contributed by atoms with van der Waals surface area (Å²) >= 11 is 0. The van der Waals surface area contributed by atoms with Crippen LogP contribution in [0.1, 0.15) is 19.8 Å². The summed E-state index contributed by atoms with van der Waals surface area (Å²) < 4.78 is 5.50. The summed E-state index contributed by atoms with van der Waals surface area (Å²) in [6, 6.07) is 8.72. The van der Waals surface area contributed by atoms with Crippen LogP contribution in [0.3, 0.4) is 0 Å². The molecule has 3 rings (SSSR count). The summed E-state index contributed by atoms with van der Waals surface area (Å²) in [4.78, 5) is 26.9. The molecule has 0 saturated carbocycles. The fourth-order valence-corrected chi connectivity index (χ4v) is 3.16. The second-order valence-electron chi connectivity index (χ2n) is 6.04. The topological polar surface area (TPSA) is 70.7 Å². The number of carbonyl (C=O) groups is 2. The second-order valence-corrected chi connectivity index (χ2v) is 6.04. The molecule has 23 heavy (non-hydrogen) atoms. The fraction of sp³-hybridized carbons (Fsp3) is 0.529. The molecule has 2 heterocycles. The standard InChI is InChI=1S/C17H23N3O3/c1-12-15(18-9-11-23-12)16(21)19-14-8-5-10-20(17(14)22)13-6-3-2-4-7-13/h2-4,6-7,12,14-15,18H,5,8-11H2,1H3,(H,19,21)/t12-,14?,15+/m1/s1. The van der Waals surface area contributed by atoms with Gasteiger partial charge in [-0.1, -0.05) is 18.2 Å². The lowest BCUT2D eigenvalue weighted by Gasteiger charge is -2.35. The number of hydrogen-bond acceptors (Lipinski definition) is 4. The van der Waals surface area contributed by atoms with Crippen LogP contribution in [-0.4, -0.2) is 49.7 Å². The minimum Gasteiger partial charge on any atom is -0.375 e.